The van der Waals surface area contributed by atoms with Gasteiger partial charge < -0.3 is 4.90 Å². The smallest absolute Gasteiger partial charge is 0.266 e. The highest BCUT2D eigenvalue weighted by atomic mass is 16.2. The van der Waals surface area contributed by atoms with E-state index in [-0.39, 0.29) is 23.4 Å². The Morgan fingerprint density at radius 3 is 2.41 bits per heavy atom. The third kappa shape index (κ3) is 3.70. The van der Waals surface area contributed by atoms with Crippen LogP contribution in [0.1, 0.15) is 61.6 Å². The highest BCUT2D eigenvalue weighted by Crippen LogP contribution is 2.32. The normalized spacial score (nSPS) is 13.1. The second-order valence-electron chi connectivity index (χ2n) is 8.55. The molecule has 3 amide bonds. The van der Waals surface area contributed by atoms with E-state index in [2.05, 4.69) is 5.10 Å². The van der Waals surface area contributed by atoms with E-state index in [4.69, 9.17) is 0 Å². The number of nitrogens with zero attached hydrogens (tertiary/aromatic N) is 4. The Labute approximate surface area is 187 Å². The molecule has 4 rings (SSSR count). The lowest BCUT2D eigenvalue weighted by atomic mass is 10.0. The molecule has 3 aromatic rings. The van der Waals surface area contributed by atoms with Gasteiger partial charge in [0, 0.05) is 37.0 Å². The van der Waals surface area contributed by atoms with Gasteiger partial charge in [0.2, 0.25) is 0 Å². The number of aryl methyl sites for hydroxylation is 3. The summed E-state index contributed by atoms with van der Waals surface area (Å²) in [5.41, 5.74) is 4.24. The van der Waals surface area contributed by atoms with Gasteiger partial charge in [-0.25, -0.2) is 4.90 Å². The van der Waals surface area contributed by atoms with Crippen molar-refractivity contribution in [2.45, 2.75) is 40.3 Å². The molecule has 0 unspecified atom stereocenters. The quantitative estimate of drug-likeness (QED) is 0.576. The van der Waals surface area contributed by atoms with E-state index in [0.29, 0.717) is 23.4 Å². The van der Waals surface area contributed by atoms with Crippen LogP contribution in [0.2, 0.25) is 0 Å². The molecule has 2 aromatic carbocycles. The zero-order valence-corrected chi connectivity index (χ0v) is 18.9. The van der Waals surface area contributed by atoms with Crippen molar-refractivity contribution in [3.63, 3.8) is 0 Å². The highest BCUT2D eigenvalue weighted by Gasteiger charge is 2.38. The lowest BCUT2D eigenvalue weighted by Crippen LogP contribution is -2.36. The van der Waals surface area contributed by atoms with Crippen LogP contribution >= 0.6 is 0 Å². The molecule has 2 heterocycles. The van der Waals surface area contributed by atoms with E-state index < -0.39 is 5.91 Å². The summed E-state index contributed by atoms with van der Waals surface area (Å²) >= 11 is 0. The monoisotopic (exact) mass is 430 g/mol. The molecule has 0 saturated heterocycles. The summed E-state index contributed by atoms with van der Waals surface area (Å²) in [6.07, 6.45) is 3.60. The van der Waals surface area contributed by atoms with E-state index in [1.165, 1.54) is 4.90 Å². The third-order valence-corrected chi connectivity index (χ3v) is 5.73. The van der Waals surface area contributed by atoms with E-state index >= 15 is 0 Å². The number of rotatable bonds is 5. The molecule has 1 aliphatic rings. The summed E-state index contributed by atoms with van der Waals surface area (Å²) < 4.78 is 1.69. The molecule has 32 heavy (non-hydrogen) atoms. The van der Waals surface area contributed by atoms with Crippen LogP contribution in [0.5, 0.6) is 0 Å². The number of hydrogen-bond acceptors (Lipinski definition) is 4. The van der Waals surface area contributed by atoms with Crippen molar-refractivity contribution in [2.24, 2.45) is 7.05 Å². The van der Waals surface area contributed by atoms with Gasteiger partial charge in [-0.1, -0.05) is 12.1 Å². The molecule has 0 bridgehead atoms. The van der Waals surface area contributed by atoms with Crippen LogP contribution in [0.25, 0.3) is 0 Å². The van der Waals surface area contributed by atoms with E-state index in [9.17, 15) is 14.4 Å². The fourth-order valence-corrected chi connectivity index (χ4v) is 3.96. The van der Waals surface area contributed by atoms with Crippen molar-refractivity contribution in [1.29, 1.82) is 0 Å². The average Bonchev–Trinajstić information content (AvgIpc) is 3.27. The van der Waals surface area contributed by atoms with Crippen LogP contribution < -0.4 is 4.90 Å². The Hall–Kier alpha value is -3.74. The first-order valence-corrected chi connectivity index (χ1v) is 10.6. The molecular weight excluding hydrogens is 404 g/mol. The first kappa shape index (κ1) is 21.5. The molecule has 0 spiro atoms. The fourth-order valence-electron chi connectivity index (χ4n) is 3.96. The first-order valence-electron chi connectivity index (χ1n) is 10.6. The summed E-state index contributed by atoms with van der Waals surface area (Å²) in [5, 5.41) is 4.17. The maximum Gasteiger partial charge on any atom is 0.266 e. The second-order valence-corrected chi connectivity index (χ2v) is 8.55. The van der Waals surface area contributed by atoms with Crippen LogP contribution in [-0.4, -0.2) is 38.4 Å². The van der Waals surface area contributed by atoms with Crippen LogP contribution in [-0.2, 0) is 13.6 Å². The zero-order chi connectivity index (χ0) is 23.2. The Kier molecular flexibility index (Phi) is 5.42. The first-order chi connectivity index (χ1) is 15.2. The van der Waals surface area contributed by atoms with Crippen molar-refractivity contribution in [1.82, 2.24) is 14.7 Å². The van der Waals surface area contributed by atoms with Gasteiger partial charge in [-0.2, -0.15) is 5.10 Å². The van der Waals surface area contributed by atoms with Gasteiger partial charge in [0.15, 0.2) is 0 Å². The molecule has 0 aliphatic carbocycles. The third-order valence-electron chi connectivity index (χ3n) is 5.73. The summed E-state index contributed by atoms with van der Waals surface area (Å²) in [5.74, 6) is -0.970. The number of fused-ring (bicyclic) bond motifs is 1. The maximum atomic E-state index is 13.3. The molecule has 7 heteroatoms. The molecule has 0 radical (unpaired) electrons. The number of carbonyl (C=O) groups excluding carboxylic acids is 3. The minimum Gasteiger partial charge on any atom is -0.332 e. The summed E-state index contributed by atoms with van der Waals surface area (Å²) in [6.45, 7) is 8.08. The molecule has 7 nitrogen and oxygen atoms in total. The number of imide groups is 1. The lowest BCUT2D eigenvalue weighted by molar-refractivity contribution is 0.0690. The van der Waals surface area contributed by atoms with Crippen LogP contribution in [0.4, 0.5) is 5.69 Å². The van der Waals surface area contributed by atoms with Crippen molar-refractivity contribution >= 4 is 23.4 Å². The highest BCUT2D eigenvalue weighted by molar-refractivity contribution is 6.35. The molecule has 0 fully saturated rings. The summed E-state index contributed by atoms with van der Waals surface area (Å²) in [6, 6.07) is 10.4. The summed E-state index contributed by atoms with van der Waals surface area (Å²) in [4.78, 5) is 42.5. The Morgan fingerprint density at radius 1 is 1.03 bits per heavy atom. The molecular formula is C25H26N4O3. The lowest BCUT2D eigenvalue weighted by Gasteiger charge is -2.26. The Morgan fingerprint density at radius 2 is 1.75 bits per heavy atom. The fraction of sp³-hybridized carbons (Fsp3) is 0.280. The minimum atomic E-state index is -0.406. The van der Waals surface area contributed by atoms with Gasteiger partial charge in [-0.15, -0.1) is 0 Å². The number of benzene rings is 2. The van der Waals surface area contributed by atoms with Crippen LogP contribution in [0, 0.1) is 13.8 Å². The molecule has 0 atom stereocenters. The van der Waals surface area contributed by atoms with Crippen LogP contribution in [0.3, 0.4) is 0 Å². The van der Waals surface area contributed by atoms with Crippen molar-refractivity contribution < 1.29 is 14.4 Å². The number of aromatic nitrogens is 2. The van der Waals surface area contributed by atoms with Gasteiger partial charge in [0.25, 0.3) is 17.7 Å². The topological polar surface area (TPSA) is 75.5 Å². The Balaban J connectivity index is 1.67. The molecule has 164 valence electrons. The molecule has 1 aromatic heterocycles. The van der Waals surface area contributed by atoms with E-state index in [0.717, 1.165) is 16.7 Å². The Bertz CT molecular complexity index is 1240. The zero-order valence-electron chi connectivity index (χ0n) is 18.9. The number of anilines is 1. The number of hydrogen-bond donors (Lipinski definition) is 0. The van der Waals surface area contributed by atoms with Gasteiger partial charge in [0.05, 0.1) is 23.0 Å². The predicted molar refractivity (Wildman–Crippen MR) is 122 cm³/mol. The van der Waals surface area contributed by atoms with Crippen LogP contribution in [0.15, 0.2) is 48.8 Å². The van der Waals surface area contributed by atoms with Gasteiger partial charge in [-0.05, 0) is 63.1 Å². The standard InChI is InChI=1S/C25H26N4O3/c1-15(2)28(14-18-12-26-27(5)13-18)23(30)19-8-9-20-21(11-19)25(32)29(24(20)31)22-10-16(3)6-7-17(22)4/h6-13,15H,14H2,1-5H3. The number of carbonyl (C=O) groups is 3. The molecule has 0 saturated carbocycles. The second kappa shape index (κ2) is 8.07. The van der Waals surface area contributed by atoms with Crippen molar-refractivity contribution in [3.05, 3.63) is 82.2 Å². The van der Waals surface area contributed by atoms with Crippen molar-refractivity contribution in [2.75, 3.05) is 4.90 Å². The van der Waals surface area contributed by atoms with E-state index in [1.807, 2.05) is 59.1 Å². The van der Waals surface area contributed by atoms with Gasteiger partial charge >= 0.3 is 0 Å². The SMILES string of the molecule is Cc1ccc(C)c(N2C(=O)c3ccc(C(=O)N(Cc4cnn(C)c4)C(C)C)cc3C2=O)c1. The average molecular weight is 431 g/mol. The molecule has 0 N–H and O–H groups in total. The summed E-state index contributed by atoms with van der Waals surface area (Å²) in [7, 11) is 1.83. The van der Waals surface area contributed by atoms with Gasteiger partial charge in [0.1, 0.15) is 0 Å². The van der Waals surface area contributed by atoms with E-state index in [1.54, 1.807) is 34.0 Å². The maximum absolute atomic E-state index is 13.3. The van der Waals surface area contributed by atoms with Crippen molar-refractivity contribution in [3.8, 4) is 0 Å². The molecule has 1 aliphatic heterocycles. The number of amides is 3. The largest absolute Gasteiger partial charge is 0.332 e. The predicted octanol–water partition coefficient (Wildman–Crippen LogP) is 3.89. The minimum absolute atomic E-state index is 0.0558. The van der Waals surface area contributed by atoms with Gasteiger partial charge in [-0.3, -0.25) is 19.1 Å².